The number of hydrogen-bond donors (Lipinski definition) is 0. The number of para-hydroxylation sites is 1. The molecule has 0 saturated carbocycles. The van der Waals surface area contributed by atoms with Gasteiger partial charge in [0.05, 0.1) is 27.9 Å². The molecule has 0 amide bonds. The molecular weight excluding hydrogens is 661 g/mol. The molecule has 54 heavy (non-hydrogen) atoms. The van der Waals surface area contributed by atoms with E-state index in [4.69, 9.17) is 24.9 Å². The zero-order valence-electron chi connectivity index (χ0n) is 29.0. The molecule has 0 atom stereocenters. The van der Waals surface area contributed by atoms with E-state index in [1.54, 1.807) is 0 Å². The lowest BCUT2D eigenvalue weighted by atomic mass is 10.0. The number of hydrogen-bond acceptors (Lipinski definition) is 6. The maximum Gasteiger partial charge on any atom is 0.164 e. The number of pyridine rings is 3. The normalized spacial score (nSPS) is 11.3. The predicted molar refractivity (Wildman–Crippen MR) is 218 cm³/mol. The fraction of sp³-hybridized carbons (Fsp3) is 0. The van der Waals surface area contributed by atoms with Gasteiger partial charge in [-0.15, -0.1) is 0 Å². The second kappa shape index (κ2) is 13.3. The van der Waals surface area contributed by atoms with Gasteiger partial charge in [0.1, 0.15) is 0 Å². The molecule has 10 aromatic rings. The summed E-state index contributed by atoms with van der Waals surface area (Å²) < 4.78 is 0. The smallest absolute Gasteiger partial charge is 0.164 e. The lowest BCUT2D eigenvalue weighted by molar-refractivity contribution is 1.07. The molecule has 10 rings (SSSR count). The summed E-state index contributed by atoms with van der Waals surface area (Å²) in [4.78, 5) is 29.7. The summed E-state index contributed by atoms with van der Waals surface area (Å²) in [6, 6.07) is 59.9. The van der Waals surface area contributed by atoms with Crippen LogP contribution >= 0.6 is 0 Å². The van der Waals surface area contributed by atoms with Crippen LogP contribution in [-0.2, 0) is 0 Å². The third-order valence-corrected chi connectivity index (χ3v) is 9.74. The summed E-state index contributed by atoms with van der Waals surface area (Å²) >= 11 is 0. The number of nitrogens with zero attached hydrogens (tertiary/aromatic N) is 6. The maximum absolute atomic E-state index is 5.17. The largest absolute Gasteiger partial charge is 0.256 e. The first-order valence-electron chi connectivity index (χ1n) is 17.9. The van der Waals surface area contributed by atoms with Crippen LogP contribution in [0.4, 0.5) is 0 Å². The molecule has 0 saturated heterocycles. The van der Waals surface area contributed by atoms with Crippen LogP contribution in [-0.4, -0.2) is 29.9 Å². The van der Waals surface area contributed by atoms with Gasteiger partial charge < -0.3 is 0 Å². The Hall–Kier alpha value is -7.44. The molecule has 0 radical (unpaired) electrons. The Labute approximate surface area is 311 Å². The summed E-state index contributed by atoms with van der Waals surface area (Å²) in [6.07, 6.45) is 1.83. The topological polar surface area (TPSA) is 77.3 Å². The van der Waals surface area contributed by atoms with Crippen molar-refractivity contribution in [3.05, 3.63) is 182 Å². The van der Waals surface area contributed by atoms with Gasteiger partial charge in [0.15, 0.2) is 17.5 Å². The van der Waals surface area contributed by atoms with Gasteiger partial charge >= 0.3 is 0 Å². The summed E-state index contributed by atoms with van der Waals surface area (Å²) in [7, 11) is 0. The zero-order chi connectivity index (χ0) is 35.8. The van der Waals surface area contributed by atoms with Crippen LogP contribution in [0.2, 0.25) is 0 Å². The Kier molecular flexibility index (Phi) is 7.69. The first-order valence-corrected chi connectivity index (χ1v) is 17.9. The van der Waals surface area contributed by atoms with Crippen molar-refractivity contribution in [2.24, 2.45) is 0 Å². The number of benzene rings is 6. The molecule has 0 aliphatic rings. The van der Waals surface area contributed by atoms with Gasteiger partial charge in [-0.3, -0.25) is 4.98 Å². The lowest BCUT2D eigenvalue weighted by Gasteiger charge is -2.10. The third kappa shape index (κ3) is 5.91. The molecule has 4 aromatic heterocycles. The number of rotatable bonds is 6. The fourth-order valence-corrected chi connectivity index (χ4v) is 6.97. The molecule has 0 N–H and O–H groups in total. The molecule has 0 aliphatic carbocycles. The van der Waals surface area contributed by atoms with Crippen LogP contribution in [0.3, 0.4) is 0 Å². The minimum Gasteiger partial charge on any atom is -0.256 e. The van der Waals surface area contributed by atoms with Gasteiger partial charge in [0.25, 0.3) is 0 Å². The van der Waals surface area contributed by atoms with Crippen molar-refractivity contribution in [2.75, 3.05) is 0 Å². The van der Waals surface area contributed by atoms with Gasteiger partial charge in [-0.05, 0) is 47.5 Å². The van der Waals surface area contributed by atoms with Crippen LogP contribution < -0.4 is 0 Å². The zero-order valence-corrected chi connectivity index (χ0v) is 29.0. The van der Waals surface area contributed by atoms with E-state index in [-0.39, 0.29) is 0 Å². The van der Waals surface area contributed by atoms with E-state index < -0.39 is 0 Å². The van der Waals surface area contributed by atoms with Crippen molar-refractivity contribution < 1.29 is 0 Å². The Bertz CT molecular complexity index is 2940. The minimum absolute atomic E-state index is 0.609. The second-order valence-electron chi connectivity index (χ2n) is 13.2. The van der Waals surface area contributed by atoms with Crippen molar-refractivity contribution in [2.45, 2.75) is 0 Å². The molecule has 0 bridgehead atoms. The fourth-order valence-electron chi connectivity index (χ4n) is 6.97. The van der Waals surface area contributed by atoms with Crippen molar-refractivity contribution in [3.8, 4) is 67.8 Å². The number of aromatic nitrogens is 6. The highest BCUT2D eigenvalue weighted by molar-refractivity contribution is 5.95. The van der Waals surface area contributed by atoms with E-state index in [1.165, 1.54) is 0 Å². The Morgan fingerprint density at radius 2 is 0.815 bits per heavy atom. The molecule has 4 heterocycles. The summed E-state index contributed by atoms with van der Waals surface area (Å²) in [5, 5.41) is 3.25. The molecule has 252 valence electrons. The third-order valence-electron chi connectivity index (χ3n) is 9.74. The van der Waals surface area contributed by atoms with Gasteiger partial charge in [-0.1, -0.05) is 140 Å². The lowest BCUT2D eigenvalue weighted by Crippen LogP contribution is -2.00. The Morgan fingerprint density at radius 3 is 1.48 bits per heavy atom. The second-order valence-corrected chi connectivity index (χ2v) is 13.2. The Balaban J connectivity index is 1.01. The van der Waals surface area contributed by atoms with Crippen LogP contribution in [0.5, 0.6) is 0 Å². The van der Waals surface area contributed by atoms with Crippen molar-refractivity contribution >= 4 is 32.7 Å². The van der Waals surface area contributed by atoms with Crippen molar-refractivity contribution in [1.29, 1.82) is 0 Å². The van der Waals surface area contributed by atoms with Gasteiger partial charge in [-0.25, -0.2) is 24.9 Å². The van der Waals surface area contributed by atoms with Gasteiger partial charge in [0.2, 0.25) is 0 Å². The number of fused-ring (bicyclic) bond motifs is 3. The molecule has 6 nitrogen and oxygen atoms in total. The Morgan fingerprint density at radius 1 is 0.296 bits per heavy atom. The molecule has 6 aromatic carbocycles. The summed E-state index contributed by atoms with van der Waals surface area (Å²) in [5.41, 5.74) is 11.5. The highest BCUT2D eigenvalue weighted by Gasteiger charge is 2.14. The van der Waals surface area contributed by atoms with E-state index in [2.05, 4.69) is 102 Å². The quantitative estimate of drug-likeness (QED) is 0.173. The van der Waals surface area contributed by atoms with Crippen molar-refractivity contribution in [1.82, 2.24) is 29.9 Å². The first-order chi connectivity index (χ1) is 26.7. The highest BCUT2D eigenvalue weighted by Crippen LogP contribution is 2.32. The summed E-state index contributed by atoms with van der Waals surface area (Å²) in [6.45, 7) is 0. The highest BCUT2D eigenvalue weighted by atomic mass is 15.0. The van der Waals surface area contributed by atoms with Crippen LogP contribution in [0.25, 0.3) is 101 Å². The average Bonchev–Trinajstić information content (AvgIpc) is 3.26. The molecule has 0 unspecified atom stereocenters. The van der Waals surface area contributed by atoms with E-state index in [1.807, 2.05) is 85.1 Å². The molecule has 6 heteroatoms. The van der Waals surface area contributed by atoms with Crippen LogP contribution in [0.15, 0.2) is 182 Å². The SMILES string of the molecule is c1ccc(-c2nc(-c3ccccc3)nc(-c3cccc(-c4ccc5ccc(-c6ccc7ccc(-c8cccc9cccnc89)nc7c6)cc5n4)c3)n2)cc1. The summed E-state index contributed by atoms with van der Waals surface area (Å²) in [5.74, 6) is 1.87. The maximum atomic E-state index is 5.17. The van der Waals surface area contributed by atoms with Crippen LogP contribution in [0.1, 0.15) is 0 Å². The van der Waals surface area contributed by atoms with Gasteiger partial charge in [-0.2, -0.15) is 0 Å². The predicted octanol–water partition coefficient (Wildman–Crippen LogP) is 11.5. The average molecular weight is 691 g/mol. The monoisotopic (exact) mass is 690 g/mol. The molecule has 0 spiro atoms. The van der Waals surface area contributed by atoms with E-state index in [9.17, 15) is 0 Å². The van der Waals surface area contributed by atoms with E-state index in [0.29, 0.717) is 17.5 Å². The standard InChI is InChI=1S/C48H30N6/c1-3-10-34(11-4-1)46-52-47(35-12-5-2-6-13-35)54-48(53-46)39-16-7-15-38(28-39)41-25-23-31-19-21-36(29-43(31)50-41)37-22-20-32-24-26-42(51-44(32)30-37)40-18-8-14-33-17-9-27-49-45(33)40/h1-30H. The van der Waals surface area contributed by atoms with Crippen molar-refractivity contribution in [3.63, 3.8) is 0 Å². The minimum atomic E-state index is 0.609. The molecule has 0 fully saturated rings. The molecular formula is C48H30N6. The van der Waals surface area contributed by atoms with Gasteiger partial charge in [0, 0.05) is 50.2 Å². The van der Waals surface area contributed by atoms with E-state index >= 15 is 0 Å². The van der Waals surface area contributed by atoms with Crippen LogP contribution in [0, 0.1) is 0 Å². The van der Waals surface area contributed by atoms with E-state index in [0.717, 1.165) is 83.0 Å². The first kappa shape index (κ1) is 31.3. The molecule has 0 aliphatic heterocycles.